The van der Waals surface area contributed by atoms with Crippen LogP contribution in [0.25, 0.3) is 10.8 Å². The zero-order chi connectivity index (χ0) is 14.7. The maximum Gasteiger partial charge on any atom is 0.249 e. The van der Waals surface area contributed by atoms with Crippen molar-refractivity contribution in [3.63, 3.8) is 0 Å². The highest BCUT2D eigenvalue weighted by Crippen LogP contribution is 2.20. The van der Waals surface area contributed by atoms with E-state index in [-0.39, 0.29) is 18.6 Å². The van der Waals surface area contributed by atoms with E-state index in [2.05, 4.69) is 5.32 Å². The molecule has 0 aromatic heterocycles. The molecule has 1 aliphatic heterocycles. The Hall–Kier alpha value is -1.91. The Bertz CT molecular complexity index is 635. The van der Waals surface area contributed by atoms with Gasteiger partial charge in [0.05, 0.1) is 6.10 Å². The van der Waals surface area contributed by atoms with Crippen LogP contribution in [0.15, 0.2) is 42.5 Å². The van der Waals surface area contributed by atoms with Crippen LogP contribution in [-0.4, -0.2) is 30.3 Å². The Kier molecular flexibility index (Phi) is 4.18. The number of benzene rings is 2. The Morgan fingerprint density at radius 1 is 1.29 bits per heavy atom. The van der Waals surface area contributed by atoms with Gasteiger partial charge in [0.15, 0.2) is 0 Å². The first-order valence-corrected chi connectivity index (χ1v) is 7.30. The van der Waals surface area contributed by atoms with E-state index < -0.39 is 6.10 Å². The van der Waals surface area contributed by atoms with Gasteiger partial charge in [-0.2, -0.15) is 0 Å². The van der Waals surface area contributed by atoms with Crippen molar-refractivity contribution in [2.24, 2.45) is 0 Å². The van der Waals surface area contributed by atoms with Gasteiger partial charge in [-0.05, 0) is 35.2 Å². The molecule has 2 unspecified atom stereocenters. The number of carbonyl (C=O) groups excluding carboxylic acids is 1. The molecule has 0 spiro atoms. The molecule has 4 nitrogen and oxygen atoms in total. The molecule has 21 heavy (non-hydrogen) atoms. The van der Waals surface area contributed by atoms with Crippen molar-refractivity contribution >= 4 is 16.7 Å². The minimum Gasteiger partial charge on any atom is -0.387 e. The fourth-order valence-corrected chi connectivity index (χ4v) is 2.63. The molecule has 3 rings (SSSR count). The van der Waals surface area contributed by atoms with E-state index in [0.29, 0.717) is 6.61 Å². The number of aliphatic hydroxyl groups is 1. The molecule has 110 valence electrons. The zero-order valence-electron chi connectivity index (χ0n) is 11.8. The number of nitrogens with one attached hydrogen (secondary N) is 1. The first-order valence-electron chi connectivity index (χ1n) is 7.30. The van der Waals surface area contributed by atoms with Gasteiger partial charge in [0, 0.05) is 13.2 Å². The van der Waals surface area contributed by atoms with Gasteiger partial charge in [0.25, 0.3) is 0 Å². The van der Waals surface area contributed by atoms with Crippen molar-refractivity contribution in [2.75, 3.05) is 13.2 Å². The van der Waals surface area contributed by atoms with E-state index in [1.165, 1.54) is 0 Å². The monoisotopic (exact) mass is 285 g/mol. The van der Waals surface area contributed by atoms with Gasteiger partial charge in [0.2, 0.25) is 5.91 Å². The molecule has 1 fully saturated rings. The van der Waals surface area contributed by atoms with Gasteiger partial charge in [-0.25, -0.2) is 0 Å². The molecular weight excluding hydrogens is 266 g/mol. The number of ether oxygens (including phenoxy) is 1. The number of hydrogen-bond acceptors (Lipinski definition) is 3. The summed E-state index contributed by atoms with van der Waals surface area (Å²) in [7, 11) is 0. The third kappa shape index (κ3) is 3.23. The molecule has 0 saturated carbocycles. The summed E-state index contributed by atoms with van der Waals surface area (Å²) in [4.78, 5) is 11.8. The summed E-state index contributed by atoms with van der Waals surface area (Å²) in [6.07, 6.45) is 0.622. The average molecular weight is 285 g/mol. The van der Waals surface area contributed by atoms with E-state index in [9.17, 15) is 9.90 Å². The smallest absolute Gasteiger partial charge is 0.249 e. The summed E-state index contributed by atoms with van der Waals surface area (Å²) < 4.78 is 5.32. The SMILES string of the molecule is O=C(NCC(O)c1ccc2ccccc2c1)C1CCCO1. The first-order chi connectivity index (χ1) is 10.2. The van der Waals surface area contributed by atoms with Crippen molar-refractivity contribution in [1.82, 2.24) is 5.32 Å². The molecule has 2 atom stereocenters. The van der Waals surface area contributed by atoms with Crippen molar-refractivity contribution in [1.29, 1.82) is 0 Å². The van der Waals surface area contributed by atoms with Crippen LogP contribution in [0.2, 0.25) is 0 Å². The lowest BCUT2D eigenvalue weighted by Gasteiger charge is -2.15. The Morgan fingerprint density at radius 3 is 2.86 bits per heavy atom. The van der Waals surface area contributed by atoms with Crippen LogP contribution in [0.4, 0.5) is 0 Å². The molecule has 0 radical (unpaired) electrons. The number of carbonyl (C=O) groups is 1. The van der Waals surface area contributed by atoms with Gasteiger partial charge in [-0.15, -0.1) is 0 Å². The van der Waals surface area contributed by atoms with E-state index >= 15 is 0 Å². The second-order valence-electron chi connectivity index (χ2n) is 5.37. The Balaban J connectivity index is 1.63. The summed E-state index contributed by atoms with van der Waals surface area (Å²) in [6.45, 7) is 0.850. The molecule has 0 aliphatic carbocycles. The molecule has 2 N–H and O–H groups in total. The number of fused-ring (bicyclic) bond motifs is 1. The predicted octanol–water partition coefficient (Wildman–Crippen LogP) is 2.17. The van der Waals surface area contributed by atoms with E-state index in [1.54, 1.807) is 0 Å². The highest BCUT2D eigenvalue weighted by Gasteiger charge is 2.23. The fraction of sp³-hybridized carbons (Fsp3) is 0.353. The first kappa shape index (κ1) is 14.0. The molecule has 1 aliphatic rings. The van der Waals surface area contributed by atoms with Crippen molar-refractivity contribution in [3.8, 4) is 0 Å². The second-order valence-corrected chi connectivity index (χ2v) is 5.37. The summed E-state index contributed by atoms with van der Waals surface area (Å²) in [6, 6.07) is 13.8. The molecule has 4 heteroatoms. The molecule has 1 heterocycles. The topological polar surface area (TPSA) is 58.6 Å². The van der Waals surface area contributed by atoms with Crippen molar-refractivity contribution in [3.05, 3.63) is 48.0 Å². The lowest BCUT2D eigenvalue weighted by atomic mass is 10.0. The van der Waals surface area contributed by atoms with E-state index in [0.717, 1.165) is 29.2 Å². The normalized spacial score (nSPS) is 19.6. The summed E-state index contributed by atoms with van der Waals surface area (Å²) in [5, 5.41) is 15.2. The van der Waals surface area contributed by atoms with Crippen LogP contribution in [0, 0.1) is 0 Å². The van der Waals surface area contributed by atoms with Crippen LogP contribution >= 0.6 is 0 Å². The molecule has 1 amide bonds. The average Bonchev–Trinajstić information content (AvgIpc) is 3.06. The highest BCUT2D eigenvalue weighted by atomic mass is 16.5. The summed E-state index contributed by atoms with van der Waals surface area (Å²) in [5.74, 6) is -0.132. The minimum atomic E-state index is -0.708. The third-order valence-electron chi connectivity index (χ3n) is 3.85. The Labute approximate surface area is 123 Å². The number of hydrogen-bond donors (Lipinski definition) is 2. The van der Waals surface area contributed by atoms with Gasteiger partial charge in [-0.1, -0.05) is 36.4 Å². The van der Waals surface area contributed by atoms with Gasteiger partial charge < -0.3 is 15.2 Å². The number of amides is 1. The third-order valence-corrected chi connectivity index (χ3v) is 3.85. The standard InChI is InChI=1S/C17H19NO3/c19-15(11-18-17(20)16-6-3-9-21-16)14-8-7-12-4-1-2-5-13(12)10-14/h1-2,4-5,7-8,10,15-16,19H,3,6,9,11H2,(H,18,20). The summed E-state index contributed by atoms with van der Waals surface area (Å²) >= 11 is 0. The van der Waals surface area contributed by atoms with Crippen LogP contribution < -0.4 is 5.32 Å². The molecule has 1 saturated heterocycles. The fourth-order valence-electron chi connectivity index (χ4n) is 2.63. The van der Waals surface area contributed by atoms with Crippen LogP contribution in [-0.2, 0) is 9.53 Å². The molecule has 2 aromatic rings. The van der Waals surface area contributed by atoms with Gasteiger partial charge in [-0.3, -0.25) is 4.79 Å². The predicted molar refractivity (Wildman–Crippen MR) is 80.9 cm³/mol. The number of aliphatic hydroxyl groups excluding tert-OH is 1. The minimum absolute atomic E-state index is 0.132. The lowest BCUT2D eigenvalue weighted by molar-refractivity contribution is -0.130. The van der Waals surface area contributed by atoms with Gasteiger partial charge >= 0.3 is 0 Å². The van der Waals surface area contributed by atoms with Crippen molar-refractivity contribution < 1.29 is 14.6 Å². The maximum atomic E-state index is 11.8. The second kappa shape index (κ2) is 6.24. The number of rotatable bonds is 4. The highest BCUT2D eigenvalue weighted by molar-refractivity contribution is 5.83. The van der Waals surface area contributed by atoms with Crippen molar-refractivity contribution in [2.45, 2.75) is 25.0 Å². The van der Waals surface area contributed by atoms with Crippen LogP contribution in [0.5, 0.6) is 0 Å². The van der Waals surface area contributed by atoms with Gasteiger partial charge in [0.1, 0.15) is 6.10 Å². The zero-order valence-corrected chi connectivity index (χ0v) is 11.8. The van der Waals surface area contributed by atoms with Crippen LogP contribution in [0.3, 0.4) is 0 Å². The van der Waals surface area contributed by atoms with E-state index in [1.807, 2.05) is 42.5 Å². The molecule has 0 bridgehead atoms. The maximum absolute atomic E-state index is 11.8. The van der Waals surface area contributed by atoms with E-state index in [4.69, 9.17) is 4.74 Å². The Morgan fingerprint density at radius 2 is 2.10 bits per heavy atom. The van der Waals surface area contributed by atoms with Crippen LogP contribution in [0.1, 0.15) is 24.5 Å². The lowest BCUT2D eigenvalue weighted by Crippen LogP contribution is -2.36. The molecular formula is C17H19NO3. The summed E-state index contributed by atoms with van der Waals surface area (Å²) in [5.41, 5.74) is 0.807. The quantitative estimate of drug-likeness (QED) is 0.905. The largest absolute Gasteiger partial charge is 0.387 e. The molecule has 2 aromatic carbocycles.